The van der Waals surface area contributed by atoms with Gasteiger partial charge in [-0.2, -0.15) is 11.3 Å². The van der Waals surface area contributed by atoms with Crippen LogP contribution >= 0.6 is 11.3 Å². The smallest absolute Gasteiger partial charge is 0.410 e. The van der Waals surface area contributed by atoms with E-state index in [1.54, 1.807) is 11.3 Å². The molecule has 0 aliphatic carbocycles. The Morgan fingerprint density at radius 1 is 1.29 bits per heavy atom. The van der Waals surface area contributed by atoms with Crippen molar-refractivity contribution in [3.63, 3.8) is 0 Å². The molecule has 3 aliphatic rings. The van der Waals surface area contributed by atoms with Crippen LogP contribution < -0.4 is 5.46 Å². The maximum atomic E-state index is 5.74. The molecule has 3 aliphatic heterocycles. The quantitative estimate of drug-likeness (QED) is 0.648. The van der Waals surface area contributed by atoms with Gasteiger partial charge >= 0.3 is 6.75 Å². The third kappa shape index (κ3) is 1.17. The number of thiophene rings is 1. The van der Waals surface area contributed by atoms with Crippen LogP contribution in [-0.4, -0.2) is 26.6 Å². The van der Waals surface area contributed by atoms with Gasteiger partial charge in [0.1, 0.15) is 0 Å². The van der Waals surface area contributed by atoms with Crippen molar-refractivity contribution in [1.82, 2.24) is 0 Å². The van der Waals surface area contributed by atoms with Crippen LogP contribution in [0.3, 0.4) is 0 Å². The maximum Gasteiger partial charge on any atom is 0.410 e. The molecule has 14 heavy (non-hydrogen) atoms. The lowest BCUT2D eigenvalue weighted by molar-refractivity contribution is -0.119. The van der Waals surface area contributed by atoms with E-state index in [0.717, 1.165) is 25.3 Å². The predicted octanol–water partition coefficient (Wildman–Crippen LogP) is 0.977. The number of hydrogen-bond donors (Lipinski definition) is 0. The van der Waals surface area contributed by atoms with E-state index in [2.05, 4.69) is 6.92 Å². The molecule has 0 N–H and O–H groups in total. The second-order valence-electron chi connectivity index (χ2n) is 4.44. The van der Waals surface area contributed by atoms with Crippen molar-refractivity contribution in [3.8, 4) is 0 Å². The summed E-state index contributed by atoms with van der Waals surface area (Å²) in [5.74, 6) is 0. The Morgan fingerprint density at radius 2 is 1.93 bits per heavy atom. The van der Waals surface area contributed by atoms with E-state index in [-0.39, 0.29) is 5.41 Å². The van der Waals surface area contributed by atoms with Gasteiger partial charge in [0.15, 0.2) is 0 Å². The highest BCUT2D eigenvalue weighted by Crippen LogP contribution is 2.34. The number of fused-ring (bicyclic) bond motifs is 3. The van der Waals surface area contributed by atoms with E-state index in [9.17, 15) is 0 Å². The van der Waals surface area contributed by atoms with Gasteiger partial charge in [0, 0.05) is 25.2 Å². The largest absolute Gasteiger partial charge is 0.540 e. The van der Waals surface area contributed by atoms with Crippen molar-refractivity contribution in [2.75, 3.05) is 19.8 Å². The molecule has 4 rings (SSSR count). The van der Waals surface area contributed by atoms with Crippen molar-refractivity contribution in [3.05, 3.63) is 16.8 Å². The fourth-order valence-electron chi connectivity index (χ4n) is 1.97. The van der Waals surface area contributed by atoms with Crippen LogP contribution in [0.15, 0.2) is 16.8 Å². The molecular weight excluding hydrogens is 199 g/mol. The molecule has 0 atom stereocenters. The zero-order valence-electron chi connectivity index (χ0n) is 8.06. The van der Waals surface area contributed by atoms with E-state index in [1.807, 2.05) is 16.8 Å². The molecule has 0 unspecified atom stereocenters. The second kappa shape index (κ2) is 2.82. The Morgan fingerprint density at radius 3 is 2.43 bits per heavy atom. The molecule has 2 bridgehead atoms. The fraction of sp³-hybridized carbons (Fsp3) is 0.556. The summed E-state index contributed by atoms with van der Waals surface area (Å²) in [7, 11) is 0. The van der Waals surface area contributed by atoms with Crippen molar-refractivity contribution in [1.29, 1.82) is 0 Å². The van der Waals surface area contributed by atoms with Crippen molar-refractivity contribution in [2.45, 2.75) is 6.92 Å². The lowest BCUT2D eigenvalue weighted by Gasteiger charge is -2.57. The molecular formula is C9H12BO3S-. The van der Waals surface area contributed by atoms with Gasteiger partial charge in [-0.1, -0.05) is 13.0 Å². The van der Waals surface area contributed by atoms with Gasteiger partial charge in [0.25, 0.3) is 0 Å². The minimum atomic E-state index is -1.60. The average Bonchev–Trinajstić information content (AvgIpc) is 2.73. The van der Waals surface area contributed by atoms with Gasteiger partial charge in [0.05, 0.1) is 0 Å². The molecule has 3 nitrogen and oxygen atoms in total. The van der Waals surface area contributed by atoms with Crippen molar-refractivity contribution < 1.29 is 14.0 Å². The van der Waals surface area contributed by atoms with Gasteiger partial charge in [0.2, 0.25) is 0 Å². The topological polar surface area (TPSA) is 27.7 Å². The van der Waals surface area contributed by atoms with Gasteiger partial charge in [-0.15, -0.1) is 5.46 Å². The first kappa shape index (κ1) is 8.91. The third-order valence-corrected chi connectivity index (χ3v) is 3.61. The van der Waals surface area contributed by atoms with E-state index in [4.69, 9.17) is 14.0 Å². The van der Waals surface area contributed by atoms with Crippen LogP contribution in [0, 0.1) is 5.41 Å². The Bertz CT molecular complexity index is 313. The molecule has 76 valence electrons. The van der Waals surface area contributed by atoms with Crippen LogP contribution in [0.2, 0.25) is 0 Å². The van der Waals surface area contributed by atoms with E-state index < -0.39 is 6.75 Å². The van der Waals surface area contributed by atoms with Crippen LogP contribution in [0.5, 0.6) is 0 Å². The van der Waals surface area contributed by atoms with E-state index >= 15 is 0 Å². The van der Waals surface area contributed by atoms with Gasteiger partial charge in [-0.25, -0.2) is 0 Å². The van der Waals surface area contributed by atoms with Gasteiger partial charge in [-0.3, -0.25) is 0 Å². The molecule has 0 spiro atoms. The molecule has 1 aromatic heterocycles. The first-order chi connectivity index (χ1) is 6.73. The average molecular weight is 211 g/mol. The Labute approximate surface area is 87.0 Å². The molecule has 5 heteroatoms. The molecule has 3 saturated heterocycles. The Kier molecular flexibility index (Phi) is 1.80. The standard InChI is InChI=1S/C9H12BO3S/c1-9-5-11-10(12-6-9,13-7-9)8-2-3-14-4-8/h2-4H,5-7H2,1H3/q-1. The van der Waals surface area contributed by atoms with Gasteiger partial charge in [-0.05, 0) is 10.8 Å². The zero-order valence-corrected chi connectivity index (χ0v) is 8.88. The SMILES string of the molecule is CC12CO[B-](c3ccsc3)(OC1)OC2. The predicted molar refractivity (Wildman–Crippen MR) is 55.7 cm³/mol. The molecule has 3 fully saturated rings. The van der Waals surface area contributed by atoms with Crippen LogP contribution in [0.25, 0.3) is 0 Å². The lowest BCUT2D eigenvalue weighted by Crippen LogP contribution is -2.68. The number of rotatable bonds is 1. The highest BCUT2D eigenvalue weighted by atomic mass is 32.1. The minimum absolute atomic E-state index is 0.0551. The summed E-state index contributed by atoms with van der Waals surface area (Å²) in [6.45, 7) is 2.74. The fourth-order valence-corrected chi connectivity index (χ4v) is 2.68. The monoisotopic (exact) mass is 211 g/mol. The van der Waals surface area contributed by atoms with E-state index in [0.29, 0.717) is 0 Å². The van der Waals surface area contributed by atoms with Crippen molar-refractivity contribution in [2.24, 2.45) is 5.41 Å². The summed E-state index contributed by atoms with van der Waals surface area (Å²) in [6.07, 6.45) is 0. The third-order valence-electron chi connectivity index (χ3n) is 2.91. The molecule has 0 aromatic carbocycles. The summed E-state index contributed by atoms with van der Waals surface area (Å²) in [5.41, 5.74) is 1.09. The molecule has 4 heterocycles. The number of hydrogen-bond acceptors (Lipinski definition) is 4. The zero-order chi connectivity index (χ0) is 9.65. The summed E-state index contributed by atoms with van der Waals surface area (Å²) < 4.78 is 17.2. The minimum Gasteiger partial charge on any atom is -0.540 e. The summed E-state index contributed by atoms with van der Waals surface area (Å²) in [4.78, 5) is 0. The lowest BCUT2D eigenvalue weighted by atomic mass is 9.65. The normalized spacial score (nSPS) is 41.5. The van der Waals surface area contributed by atoms with Gasteiger partial charge < -0.3 is 14.0 Å². The molecule has 0 saturated carbocycles. The van der Waals surface area contributed by atoms with Crippen LogP contribution in [0.1, 0.15) is 6.92 Å². The van der Waals surface area contributed by atoms with Crippen LogP contribution in [-0.2, 0) is 14.0 Å². The highest BCUT2D eigenvalue weighted by molar-refractivity contribution is 7.09. The van der Waals surface area contributed by atoms with Crippen molar-refractivity contribution >= 4 is 23.6 Å². The molecule has 0 amide bonds. The summed E-state index contributed by atoms with van der Waals surface area (Å²) >= 11 is 1.64. The summed E-state index contributed by atoms with van der Waals surface area (Å²) in [6, 6.07) is 2.01. The molecule has 1 aromatic rings. The highest BCUT2D eigenvalue weighted by Gasteiger charge is 2.46. The first-order valence-corrected chi connectivity index (χ1v) is 5.75. The maximum absolute atomic E-state index is 5.74. The van der Waals surface area contributed by atoms with E-state index in [1.165, 1.54) is 0 Å². The summed E-state index contributed by atoms with van der Waals surface area (Å²) in [5, 5.41) is 4.05. The Hall–Kier alpha value is -0.355. The Balaban J connectivity index is 1.93. The first-order valence-electron chi connectivity index (χ1n) is 4.80. The van der Waals surface area contributed by atoms with Crippen LogP contribution in [0.4, 0.5) is 0 Å². The second-order valence-corrected chi connectivity index (χ2v) is 5.22. The molecule has 0 radical (unpaired) electrons.